The number of aromatic nitrogens is 1. The zero-order valence-electron chi connectivity index (χ0n) is 9.57. The number of piperidine rings is 1. The van der Waals surface area contributed by atoms with E-state index in [0.29, 0.717) is 19.0 Å². The van der Waals surface area contributed by atoms with E-state index in [4.69, 9.17) is 0 Å². The molecular weight excluding hydrogens is 287 g/mol. The molecule has 17 heavy (non-hydrogen) atoms. The Balaban J connectivity index is 2.14. The van der Waals surface area contributed by atoms with Crippen molar-refractivity contribution in [3.05, 3.63) is 29.8 Å². The summed E-state index contributed by atoms with van der Waals surface area (Å²) in [6, 6.07) is 1.43. The molecule has 0 aromatic carbocycles. The van der Waals surface area contributed by atoms with Gasteiger partial charge in [0.2, 0.25) is 0 Å². The van der Waals surface area contributed by atoms with Crippen molar-refractivity contribution in [1.82, 2.24) is 9.88 Å². The molecule has 0 radical (unpaired) electrons. The van der Waals surface area contributed by atoms with Crippen LogP contribution in [-0.2, 0) is 0 Å². The lowest BCUT2D eigenvalue weighted by Gasteiger charge is -2.34. The molecule has 1 amide bonds. The molecule has 0 saturated carbocycles. The highest BCUT2D eigenvalue weighted by atomic mass is 79.9. The van der Waals surface area contributed by atoms with E-state index < -0.39 is 5.82 Å². The second kappa shape index (κ2) is 5.12. The molecule has 92 valence electrons. The maximum absolute atomic E-state index is 13.4. The van der Waals surface area contributed by atoms with Gasteiger partial charge in [0.1, 0.15) is 0 Å². The van der Waals surface area contributed by atoms with Gasteiger partial charge in [0.15, 0.2) is 5.82 Å². The van der Waals surface area contributed by atoms with E-state index in [1.165, 1.54) is 12.3 Å². The zero-order valence-corrected chi connectivity index (χ0v) is 11.2. The Morgan fingerprint density at radius 1 is 1.65 bits per heavy atom. The molecule has 0 spiro atoms. The third kappa shape index (κ3) is 2.65. The average molecular weight is 301 g/mol. The van der Waals surface area contributed by atoms with Crippen molar-refractivity contribution in [3.63, 3.8) is 0 Å². The fraction of sp³-hybridized carbons (Fsp3) is 0.500. The lowest BCUT2D eigenvalue weighted by Crippen LogP contribution is -2.43. The Morgan fingerprint density at radius 2 is 2.41 bits per heavy atom. The largest absolute Gasteiger partial charge is 0.337 e. The normalized spacial score (nSPS) is 24.8. The van der Waals surface area contributed by atoms with E-state index in [-0.39, 0.29) is 16.3 Å². The van der Waals surface area contributed by atoms with Crippen molar-refractivity contribution in [1.29, 1.82) is 0 Å². The van der Waals surface area contributed by atoms with Crippen LogP contribution in [0.2, 0.25) is 0 Å². The Hall–Kier alpha value is -0.970. The van der Waals surface area contributed by atoms with Crippen molar-refractivity contribution >= 4 is 21.8 Å². The maximum atomic E-state index is 13.4. The van der Waals surface area contributed by atoms with Crippen LogP contribution in [0.4, 0.5) is 4.39 Å². The highest BCUT2D eigenvalue weighted by Gasteiger charge is 2.28. The summed E-state index contributed by atoms with van der Waals surface area (Å²) in [6.45, 7) is 3.46. The van der Waals surface area contributed by atoms with Crippen LogP contribution in [0.15, 0.2) is 18.5 Å². The van der Waals surface area contributed by atoms with Crippen LogP contribution in [0.5, 0.6) is 0 Å². The van der Waals surface area contributed by atoms with Crippen molar-refractivity contribution < 1.29 is 9.18 Å². The minimum absolute atomic E-state index is 0.106. The second-order valence-corrected chi connectivity index (χ2v) is 5.56. The Kier molecular flexibility index (Phi) is 3.76. The van der Waals surface area contributed by atoms with E-state index in [0.717, 1.165) is 12.6 Å². The van der Waals surface area contributed by atoms with Crippen LogP contribution < -0.4 is 0 Å². The molecule has 1 aromatic heterocycles. The number of carbonyl (C=O) groups excluding carboxylic acids is 1. The van der Waals surface area contributed by atoms with Gasteiger partial charge in [0.05, 0.1) is 11.8 Å². The van der Waals surface area contributed by atoms with E-state index >= 15 is 0 Å². The van der Waals surface area contributed by atoms with Crippen LogP contribution in [0.1, 0.15) is 23.7 Å². The molecular formula is C12H14BrFN2O. The monoisotopic (exact) mass is 300 g/mol. The number of pyridine rings is 1. The number of rotatable bonds is 1. The first-order valence-electron chi connectivity index (χ1n) is 5.62. The number of likely N-dealkylation sites (tertiary alicyclic amines) is 1. The fourth-order valence-electron chi connectivity index (χ4n) is 1.93. The summed E-state index contributed by atoms with van der Waals surface area (Å²) < 4.78 is 13.4. The van der Waals surface area contributed by atoms with Crippen molar-refractivity contribution in [3.8, 4) is 0 Å². The van der Waals surface area contributed by atoms with Gasteiger partial charge in [-0.25, -0.2) is 4.39 Å². The van der Waals surface area contributed by atoms with E-state index in [1.807, 2.05) is 0 Å². The quantitative estimate of drug-likeness (QED) is 0.747. The number of nitrogens with zero attached hydrogens (tertiary/aromatic N) is 2. The van der Waals surface area contributed by atoms with Gasteiger partial charge in [-0.3, -0.25) is 9.78 Å². The second-order valence-electron chi connectivity index (χ2n) is 4.39. The van der Waals surface area contributed by atoms with Crippen molar-refractivity contribution in [2.75, 3.05) is 13.1 Å². The lowest BCUT2D eigenvalue weighted by molar-refractivity contribution is 0.0701. The number of carbonyl (C=O) groups is 1. The molecule has 1 aliphatic rings. The molecule has 2 rings (SSSR count). The molecule has 2 atom stereocenters. The van der Waals surface area contributed by atoms with Gasteiger partial charge in [-0.15, -0.1) is 0 Å². The average Bonchev–Trinajstić information content (AvgIpc) is 2.32. The molecule has 1 saturated heterocycles. The molecule has 1 fully saturated rings. The first-order chi connectivity index (χ1) is 8.09. The van der Waals surface area contributed by atoms with Gasteiger partial charge in [-0.1, -0.05) is 22.9 Å². The predicted octanol–water partition coefficient (Wildman–Crippen LogP) is 2.47. The summed E-state index contributed by atoms with van der Waals surface area (Å²) in [5, 5.41) is 0. The first-order valence-corrected chi connectivity index (χ1v) is 6.54. The molecule has 0 bridgehead atoms. The molecule has 1 aliphatic heterocycles. The molecule has 0 aliphatic carbocycles. The van der Waals surface area contributed by atoms with E-state index in [9.17, 15) is 9.18 Å². The summed E-state index contributed by atoms with van der Waals surface area (Å²) >= 11 is 3.55. The van der Waals surface area contributed by atoms with Crippen LogP contribution in [0, 0.1) is 11.7 Å². The number of hydrogen-bond donors (Lipinski definition) is 0. The van der Waals surface area contributed by atoms with Gasteiger partial charge in [0, 0.05) is 24.1 Å². The smallest absolute Gasteiger partial charge is 0.256 e. The van der Waals surface area contributed by atoms with Gasteiger partial charge in [-0.2, -0.15) is 0 Å². The molecule has 0 N–H and O–H groups in total. The predicted molar refractivity (Wildman–Crippen MR) is 66.6 cm³/mol. The summed E-state index contributed by atoms with van der Waals surface area (Å²) in [4.78, 5) is 17.7. The number of halogens is 2. The van der Waals surface area contributed by atoms with E-state index in [2.05, 4.69) is 27.8 Å². The number of amides is 1. The Bertz CT molecular complexity index is 427. The Morgan fingerprint density at radius 3 is 3.06 bits per heavy atom. The van der Waals surface area contributed by atoms with Crippen LogP contribution >= 0.6 is 15.9 Å². The summed E-state index contributed by atoms with van der Waals surface area (Å²) in [7, 11) is 0. The highest BCUT2D eigenvalue weighted by Crippen LogP contribution is 2.24. The summed E-state index contributed by atoms with van der Waals surface area (Å²) in [5.74, 6) is -0.259. The molecule has 1 aromatic rings. The molecule has 2 unspecified atom stereocenters. The Labute approximate surface area is 108 Å². The third-order valence-electron chi connectivity index (χ3n) is 3.16. The van der Waals surface area contributed by atoms with Crippen LogP contribution in [0.3, 0.4) is 0 Å². The molecule has 5 heteroatoms. The fourth-order valence-corrected chi connectivity index (χ4v) is 2.54. The summed E-state index contributed by atoms with van der Waals surface area (Å²) in [6.07, 6.45) is 3.45. The topological polar surface area (TPSA) is 33.2 Å². The van der Waals surface area contributed by atoms with Crippen molar-refractivity contribution in [2.24, 2.45) is 5.92 Å². The highest BCUT2D eigenvalue weighted by molar-refractivity contribution is 9.09. The minimum Gasteiger partial charge on any atom is -0.337 e. The zero-order chi connectivity index (χ0) is 12.4. The van der Waals surface area contributed by atoms with Crippen LogP contribution in [0.25, 0.3) is 0 Å². The number of alkyl halides is 1. The van der Waals surface area contributed by atoms with Gasteiger partial charge >= 0.3 is 0 Å². The maximum Gasteiger partial charge on any atom is 0.256 e. The van der Waals surface area contributed by atoms with Gasteiger partial charge < -0.3 is 4.90 Å². The van der Waals surface area contributed by atoms with Crippen molar-refractivity contribution in [2.45, 2.75) is 18.2 Å². The van der Waals surface area contributed by atoms with Crippen LogP contribution in [-0.4, -0.2) is 33.7 Å². The van der Waals surface area contributed by atoms with Gasteiger partial charge in [0.25, 0.3) is 5.91 Å². The summed E-state index contributed by atoms with van der Waals surface area (Å²) in [5.41, 5.74) is 0.106. The lowest BCUT2D eigenvalue weighted by atomic mass is 9.98. The molecule has 2 heterocycles. The third-order valence-corrected chi connectivity index (χ3v) is 4.35. The SMILES string of the molecule is CC1CCN(C(=O)c2ccncc2F)CC1Br. The van der Waals surface area contributed by atoms with Gasteiger partial charge in [-0.05, 0) is 18.4 Å². The number of hydrogen-bond acceptors (Lipinski definition) is 2. The first kappa shape index (κ1) is 12.5. The van der Waals surface area contributed by atoms with E-state index in [1.54, 1.807) is 4.90 Å². The standard InChI is InChI=1S/C12H14BrFN2O/c1-8-3-5-16(7-10(8)13)12(17)9-2-4-15-6-11(9)14/h2,4,6,8,10H,3,5,7H2,1H3. The molecule has 3 nitrogen and oxygen atoms in total. The minimum atomic E-state index is -0.553.